The summed E-state index contributed by atoms with van der Waals surface area (Å²) in [6.45, 7) is 4.27. The number of fused-ring (bicyclic) bond motifs is 1. The Morgan fingerprint density at radius 1 is 1.12 bits per heavy atom. The Kier molecular flexibility index (Phi) is 3.92. The predicted octanol–water partition coefficient (Wildman–Crippen LogP) is 5.11. The van der Waals surface area contributed by atoms with Gasteiger partial charge in [0.15, 0.2) is 0 Å². The van der Waals surface area contributed by atoms with Crippen molar-refractivity contribution in [2.45, 2.75) is 50.4 Å². The van der Waals surface area contributed by atoms with E-state index in [0.29, 0.717) is 5.75 Å². The van der Waals surface area contributed by atoms with E-state index >= 15 is 0 Å². The number of nitrogens with zero attached hydrogens (tertiary/aromatic N) is 1. The van der Waals surface area contributed by atoms with E-state index in [2.05, 4.69) is 43.6 Å². The van der Waals surface area contributed by atoms with Crippen molar-refractivity contribution in [2.24, 2.45) is 5.41 Å². The number of rotatable bonds is 1. The number of allylic oxidation sites excluding steroid dienone is 2. The quantitative estimate of drug-likeness (QED) is 0.474. The fourth-order valence-electron chi connectivity index (χ4n) is 5.98. The molecule has 2 aliphatic carbocycles. The summed E-state index contributed by atoms with van der Waals surface area (Å²) >= 11 is 0. The average molecular weight is 421 g/mol. The molecule has 32 heavy (non-hydrogen) atoms. The zero-order valence-electron chi connectivity index (χ0n) is 18.1. The van der Waals surface area contributed by atoms with Crippen LogP contribution in [0.1, 0.15) is 37.3 Å². The lowest BCUT2D eigenvalue weighted by Gasteiger charge is -2.47. The van der Waals surface area contributed by atoms with Gasteiger partial charge in [-0.1, -0.05) is 59.6 Å². The van der Waals surface area contributed by atoms with E-state index in [1.54, 1.807) is 29.2 Å². The number of para-hydroxylation sites is 1. The Hall–Kier alpha value is -3.47. The van der Waals surface area contributed by atoms with E-state index < -0.39 is 23.3 Å². The van der Waals surface area contributed by atoms with Crippen LogP contribution in [0.5, 0.6) is 5.75 Å². The lowest BCUT2D eigenvalue weighted by Crippen LogP contribution is -2.59. The predicted molar refractivity (Wildman–Crippen MR) is 122 cm³/mol. The summed E-state index contributed by atoms with van der Waals surface area (Å²) in [6, 6.07) is 14.9. The summed E-state index contributed by atoms with van der Waals surface area (Å²) in [6.07, 6.45) is 5.84. The number of hydrogen-bond donors (Lipinski definition) is 0. The average Bonchev–Trinajstić information content (AvgIpc) is 3.50. The van der Waals surface area contributed by atoms with Gasteiger partial charge in [-0.2, -0.15) is 0 Å². The van der Waals surface area contributed by atoms with Crippen molar-refractivity contribution in [3.63, 3.8) is 0 Å². The van der Waals surface area contributed by atoms with Crippen molar-refractivity contribution in [3.05, 3.63) is 71.8 Å². The number of carbonyl (C=O) groups is 1. The lowest BCUT2D eigenvalue weighted by atomic mass is 9.56. The largest absolute Gasteiger partial charge is 0.420 e. The topological polar surface area (TPSA) is 42.1 Å². The molecule has 4 aliphatic rings. The highest BCUT2D eigenvalue weighted by Gasteiger charge is 2.85. The molecule has 1 saturated carbocycles. The van der Waals surface area contributed by atoms with Gasteiger partial charge in [-0.05, 0) is 63.5 Å². The van der Waals surface area contributed by atoms with Crippen molar-refractivity contribution in [3.8, 4) is 29.4 Å². The lowest BCUT2D eigenvalue weighted by molar-refractivity contribution is 0.160. The maximum atomic E-state index is 13.6. The summed E-state index contributed by atoms with van der Waals surface area (Å²) in [7, 11) is 0. The summed E-state index contributed by atoms with van der Waals surface area (Å²) in [4.78, 5) is 15.3. The van der Waals surface area contributed by atoms with E-state index in [9.17, 15) is 4.79 Å². The van der Waals surface area contributed by atoms with E-state index in [1.165, 1.54) is 0 Å². The number of amides is 1. The Bertz CT molecular complexity index is 1290. The Morgan fingerprint density at radius 3 is 2.78 bits per heavy atom. The molecule has 0 N–H and O–H groups in total. The normalized spacial score (nSPS) is 33.8. The zero-order chi connectivity index (χ0) is 22.0. The third-order valence-electron chi connectivity index (χ3n) is 7.35. The van der Waals surface area contributed by atoms with Crippen LogP contribution in [0.2, 0.25) is 0 Å². The van der Waals surface area contributed by atoms with Gasteiger partial charge in [-0.3, -0.25) is 4.90 Å². The van der Waals surface area contributed by atoms with Gasteiger partial charge in [0.05, 0.1) is 11.1 Å². The van der Waals surface area contributed by atoms with Crippen molar-refractivity contribution < 1.29 is 14.3 Å². The number of carbonyl (C=O) groups excluding carboxylic acids is 1. The summed E-state index contributed by atoms with van der Waals surface area (Å²) < 4.78 is 12.6. The molecule has 0 radical (unpaired) electrons. The summed E-state index contributed by atoms with van der Waals surface area (Å²) in [5, 5.41) is 0. The van der Waals surface area contributed by atoms with E-state index in [1.807, 2.05) is 30.3 Å². The first-order valence-corrected chi connectivity index (χ1v) is 11.1. The third kappa shape index (κ3) is 2.36. The maximum Gasteiger partial charge on any atom is 0.420 e. The minimum absolute atomic E-state index is 0.370. The number of ether oxygens (including phenoxy) is 2. The number of epoxide rings is 1. The SMILES string of the molecule is Cc1ccc2c(c1)C13OC14CCC[C@@]3(C)C#C/C=C\C#C[C@@H]4N2C(=O)Oc1ccccc1. The second-order valence-electron chi connectivity index (χ2n) is 9.22. The second-order valence-corrected chi connectivity index (χ2v) is 9.22. The minimum atomic E-state index is -0.594. The van der Waals surface area contributed by atoms with Crippen LogP contribution >= 0.6 is 0 Å². The van der Waals surface area contributed by atoms with Crippen LogP contribution in [0.25, 0.3) is 0 Å². The molecule has 4 nitrogen and oxygen atoms in total. The van der Waals surface area contributed by atoms with Gasteiger partial charge in [0.1, 0.15) is 23.0 Å². The van der Waals surface area contributed by atoms with Crippen molar-refractivity contribution in [1.29, 1.82) is 0 Å². The molecule has 4 bridgehead atoms. The smallest absolute Gasteiger partial charge is 0.410 e. The van der Waals surface area contributed by atoms with Crippen LogP contribution in [0.3, 0.4) is 0 Å². The Balaban J connectivity index is 1.58. The van der Waals surface area contributed by atoms with Gasteiger partial charge < -0.3 is 9.47 Å². The van der Waals surface area contributed by atoms with Gasteiger partial charge in [-0.25, -0.2) is 4.79 Å². The molecule has 1 saturated heterocycles. The van der Waals surface area contributed by atoms with Crippen molar-refractivity contribution >= 4 is 11.8 Å². The first kappa shape index (κ1) is 19.2. The van der Waals surface area contributed by atoms with Gasteiger partial charge in [0, 0.05) is 5.56 Å². The minimum Gasteiger partial charge on any atom is -0.410 e. The van der Waals surface area contributed by atoms with Crippen LogP contribution < -0.4 is 9.64 Å². The second kappa shape index (κ2) is 6.52. The van der Waals surface area contributed by atoms with Crippen molar-refractivity contribution in [2.75, 3.05) is 4.90 Å². The standard InChI is InChI=1S/C28H23NO3/c1-20-14-15-23-22(19-20)28-26(2)16-9-4-3-8-13-24(27(28,32-28)18-10-17-26)29(23)25(30)31-21-11-6-5-7-12-21/h3-7,11-12,14-15,19,24H,10,17-18H2,1-2H3/b4-3-/t24-,26+,27?,28?/m0/s1. The van der Waals surface area contributed by atoms with Crippen LogP contribution in [-0.4, -0.2) is 17.7 Å². The van der Waals surface area contributed by atoms with Crippen LogP contribution in [0.4, 0.5) is 10.5 Å². The van der Waals surface area contributed by atoms with E-state index in [0.717, 1.165) is 36.1 Å². The Morgan fingerprint density at radius 2 is 1.94 bits per heavy atom. The molecule has 4 heteroatoms. The van der Waals surface area contributed by atoms with Gasteiger partial charge in [-0.15, -0.1) is 0 Å². The Labute approximate surface area is 188 Å². The highest BCUT2D eigenvalue weighted by molar-refractivity contribution is 5.94. The molecule has 2 fully saturated rings. The monoisotopic (exact) mass is 421 g/mol. The molecule has 2 unspecified atom stereocenters. The van der Waals surface area contributed by atoms with Gasteiger partial charge in [0.2, 0.25) is 0 Å². The summed E-state index contributed by atoms with van der Waals surface area (Å²) in [5.74, 6) is 13.7. The van der Waals surface area contributed by atoms with Crippen molar-refractivity contribution in [1.82, 2.24) is 0 Å². The number of benzene rings is 2. The van der Waals surface area contributed by atoms with Gasteiger partial charge >= 0.3 is 6.09 Å². The van der Waals surface area contributed by atoms with E-state index in [4.69, 9.17) is 9.47 Å². The molecule has 2 aliphatic heterocycles. The van der Waals surface area contributed by atoms with Crippen LogP contribution in [0.15, 0.2) is 60.7 Å². The molecule has 0 aromatic heterocycles. The van der Waals surface area contributed by atoms with Crippen LogP contribution in [-0.2, 0) is 10.3 Å². The molecule has 0 spiro atoms. The molecule has 2 aromatic carbocycles. The number of aryl methyl sites for hydroxylation is 1. The fourth-order valence-corrected chi connectivity index (χ4v) is 5.98. The maximum absolute atomic E-state index is 13.6. The molecule has 2 heterocycles. The fraction of sp³-hybridized carbons (Fsp3) is 0.321. The molecule has 2 aromatic rings. The highest BCUT2D eigenvalue weighted by Crippen LogP contribution is 2.75. The molecule has 1 amide bonds. The first-order valence-electron chi connectivity index (χ1n) is 11.1. The number of anilines is 1. The zero-order valence-corrected chi connectivity index (χ0v) is 18.1. The molecule has 6 rings (SSSR count). The third-order valence-corrected chi connectivity index (χ3v) is 7.35. The van der Waals surface area contributed by atoms with E-state index in [-0.39, 0.29) is 5.41 Å². The molecule has 4 atom stereocenters. The molecular weight excluding hydrogens is 398 g/mol. The number of hydrogen-bond acceptors (Lipinski definition) is 3. The highest BCUT2D eigenvalue weighted by atomic mass is 16.6. The van der Waals surface area contributed by atoms with Crippen LogP contribution in [0, 0.1) is 36.0 Å². The summed E-state index contributed by atoms with van der Waals surface area (Å²) in [5.41, 5.74) is 1.39. The first-order chi connectivity index (χ1) is 15.5. The van der Waals surface area contributed by atoms with Gasteiger partial charge in [0.25, 0.3) is 0 Å². The molecule has 158 valence electrons. The molecular formula is C28H23NO3.